The van der Waals surface area contributed by atoms with Crippen molar-refractivity contribution in [1.29, 1.82) is 0 Å². The van der Waals surface area contributed by atoms with Crippen LogP contribution in [0.15, 0.2) is 24.3 Å². The average Bonchev–Trinajstić information content (AvgIpc) is 2.14. The van der Waals surface area contributed by atoms with Crippen LogP contribution in [0, 0.1) is 5.41 Å². The summed E-state index contributed by atoms with van der Waals surface area (Å²) in [4.78, 5) is 0. The van der Waals surface area contributed by atoms with Gasteiger partial charge in [0.05, 0.1) is 11.7 Å². The molecule has 1 aromatic carbocycles. The number of aliphatic hydroxyl groups excluding tert-OH is 1. The highest BCUT2D eigenvalue weighted by Gasteiger charge is 2.29. The molecule has 0 aliphatic heterocycles. The Labute approximate surface area is 97.9 Å². The minimum Gasteiger partial charge on any atom is -0.388 e. The molecule has 0 aromatic heterocycles. The van der Waals surface area contributed by atoms with Crippen LogP contribution < -0.4 is 0 Å². The molecule has 0 amide bonds. The van der Waals surface area contributed by atoms with Gasteiger partial charge in [-0.1, -0.05) is 45.0 Å². The lowest BCUT2D eigenvalue weighted by Crippen LogP contribution is -2.24. The van der Waals surface area contributed by atoms with Gasteiger partial charge in [0.15, 0.2) is 0 Å². The van der Waals surface area contributed by atoms with Gasteiger partial charge in [-0.15, -0.1) is 0 Å². The molecule has 0 spiro atoms. The van der Waals surface area contributed by atoms with Crippen molar-refractivity contribution in [2.45, 2.75) is 46.3 Å². The summed E-state index contributed by atoms with van der Waals surface area (Å²) in [5.74, 6) is 0. The van der Waals surface area contributed by atoms with E-state index in [9.17, 15) is 10.2 Å². The lowest BCUT2D eigenvalue weighted by Gasteiger charge is -2.31. The average molecular weight is 222 g/mol. The Morgan fingerprint density at radius 2 is 1.50 bits per heavy atom. The summed E-state index contributed by atoms with van der Waals surface area (Å²) >= 11 is 0. The third-order valence-electron chi connectivity index (χ3n) is 2.73. The predicted octanol–water partition coefficient (Wildman–Crippen LogP) is 2.99. The van der Waals surface area contributed by atoms with Gasteiger partial charge in [0.25, 0.3) is 0 Å². The molecule has 0 saturated carbocycles. The van der Waals surface area contributed by atoms with Gasteiger partial charge in [-0.3, -0.25) is 0 Å². The van der Waals surface area contributed by atoms with Gasteiger partial charge in [0, 0.05) is 0 Å². The molecule has 2 N–H and O–H groups in total. The number of hydrogen-bond acceptors (Lipinski definition) is 2. The Balaban J connectivity index is 3.25. The molecule has 0 fully saturated rings. The molecular weight excluding hydrogens is 200 g/mol. The maximum Gasteiger partial charge on any atom is 0.0844 e. The van der Waals surface area contributed by atoms with Gasteiger partial charge in [-0.2, -0.15) is 0 Å². The molecule has 90 valence electrons. The Hall–Kier alpha value is -0.860. The van der Waals surface area contributed by atoms with Crippen LogP contribution in [0.1, 0.15) is 51.8 Å². The second kappa shape index (κ2) is 4.19. The third kappa shape index (κ3) is 2.83. The highest BCUT2D eigenvalue weighted by Crippen LogP contribution is 2.37. The van der Waals surface area contributed by atoms with Crippen molar-refractivity contribution in [3.05, 3.63) is 35.4 Å². The summed E-state index contributed by atoms with van der Waals surface area (Å²) in [6, 6.07) is 7.51. The van der Waals surface area contributed by atoms with Crippen LogP contribution in [-0.4, -0.2) is 10.2 Å². The minimum absolute atomic E-state index is 0.235. The summed E-state index contributed by atoms with van der Waals surface area (Å²) in [6.45, 7) is 9.43. The van der Waals surface area contributed by atoms with Crippen LogP contribution in [0.25, 0.3) is 0 Å². The molecule has 1 aromatic rings. The van der Waals surface area contributed by atoms with Gasteiger partial charge < -0.3 is 10.2 Å². The Morgan fingerprint density at radius 1 is 1.00 bits per heavy atom. The lowest BCUT2D eigenvalue weighted by molar-refractivity contribution is 0.0461. The molecule has 2 heteroatoms. The Morgan fingerprint density at radius 3 is 1.94 bits per heavy atom. The first kappa shape index (κ1) is 13.2. The zero-order valence-corrected chi connectivity index (χ0v) is 10.8. The van der Waals surface area contributed by atoms with E-state index in [0.29, 0.717) is 0 Å². The molecule has 16 heavy (non-hydrogen) atoms. The first-order valence-electron chi connectivity index (χ1n) is 5.64. The van der Waals surface area contributed by atoms with Crippen LogP contribution >= 0.6 is 0 Å². The molecule has 1 unspecified atom stereocenters. The van der Waals surface area contributed by atoms with E-state index in [0.717, 1.165) is 11.1 Å². The second-order valence-electron chi connectivity index (χ2n) is 5.91. The fraction of sp³-hybridized carbons (Fsp3) is 0.571. The lowest BCUT2D eigenvalue weighted by atomic mass is 9.80. The van der Waals surface area contributed by atoms with Crippen LogP contribution in [0.3, 0.4) is 0 Å². The van der Waals surface area contributed by atoms with Gasteiger partial charge in [0.1, 0.15) is 0 Å². The van der Waals surface area contributed by atoms with E-state index in [2.05, 4.69) is 0 Å². The van der Waals surface area contributed by atoms with E-state index in [1.165, 1.54) is 0 Å². The highest BCUT2D eigenvalue weighted by atomic mass is 16.3. The molecule has 1 rings (SSSR count). The van der Waals surface area contributed by atoms with Gasteiger partial charge in [-0.05, 0) is 30.4 Å². The molecular formula is C14H22O2. The summed E-state index contributed by atoms with van der Waals surface area (Å²) in [5, 5.41) is 20.4. The summed E-state index contributed by atoms with van der Waals surface area (Å²) in [7, 11) is 0. The van der Waals surface area contributed by atoms with Gasteiger partial charge in [-0.25, -0.2) is 0 Å². The van der Waals surface area contributed by atoms with Crippen molar-refractivity contribution in [2.24, 2.45) is 5.41 Å². The predicted molar refractivity (Wildman–Crippen MR) is 66.1 cm³/mol. The fourth-order valence-corrected chi connectivity index (χ4v) is 1.76. The monoisotopic (exact) mass is 222 g/mol. The minimum atomic E-state index is -0.928. The summed E-state index contributed by atoms with van der Waals surface area (Å²) in [6.07, 6.45) is -0.574. The number of benzene rings is 1. The topological polar surface area (TPSA) is 40.5 Å². The Kier molecular flexibility index (Phi) is 3.46. The molecule has 0 saturated heterocycles. The zero-order valence-electron chi connectivity index (χ0n) is 10.8. The van der Waals surface area contributed by atoms with Gasteiger partial charge >= 0.3 is 0 Å². The summed E-state index contributed by atoms with van der Waals surface area (Å²) in [5.41, 5.74) is 0.435. The number of aliphatic hydroxyl groups is 2. The summed E-state index contributed by atoms with van der Waals surface area (Å²) < 4.78 is 0. The van der Waals surface area contributed by atoms with Crippen molar-refractivity contribution in [3.63, 3.8) is 0 Å². The van der Waals surface area contributed by atoms with Crippen LogP contribution in [0.4, 0.5) is 0 Å². The van der Waals surface area contributed by atoms with Crippen molar-refractivity contribution >= 4 is 0 Å². The van der Waals surface area contributed by atoms with E-state index in [1.807, 2.05) is 45.0 Å². The van der Waals surface area contributed by atoms with E-state index >= 15 is 0 Å². The first-order valence-corrected chi connectivity index (χ1v) is 5.64. The van der Waals surface area contributed by atoms with Crippen molar-refractivity contribution in [1.82, 2.24) is 0 Å². The third-order valence-corrected chi connectivity index (χ3v) is 2.73. The zero-order chi connectivity index (χ0) is 12.6. The van der Waals surface area contributed by atoms with Crippen molar-refractivity contribution in [3.8, 4) is 0 Å². The normalized spacial score (nSPS) is 14.9. The van der Waals surface area contributed by atoms with Gasteiger partial charge in [0.2, 0.25) is 0 Å². The molecule has 0 aliphatic carbocycles. The Bertz CT molecular complexity index is 356. The van der Waals surface area contributed by atoms with Crippen LogP contribution in [0.2, 0.25) is 0 Å². The second-order valence-corrected chi connectivity index (χ2v) is 5.91. The van der Waals surface area contributed by atoms with E-state index in [1.54, 1.807) is 13.8 Å². The molecule has 1 atom stereocenters. The van der Waals surface area contributed by atoms with Crippen LogP contribution in [0.5, 0.6) is 0 Å². The number of rotatable bonds is 2. The van der Waals surface area contributed by atoms with Crippen LogP contribution in [-0.2, 0) is 5.60 Å². The largest absolute Gasteiger partial charge is 0.388 e. The highest BCUT2D eigenvalue weighted by molar-refractivity contribution is 5.33. The maximum absolute atomic E-state index is 10.3. The maximum atomic E-state index is 10.3. The molecule has 0 aliphatic rings. The van der Waals surface area contributed by atoms with E-state index in [4.69, 9.17) is 0 Å². The van der Waals surface area contributed by atoms with Crippen molar-refractivity contribution < 1.29 is 10.2 Å². The van der Waals surface area contributed by atoms with E-state index in [-0.39, 0.29) is 5.41 Å². The number of hydrogen-bond donors (Lipinski definition) is 2. The van der Waals surface area contributed by atoms with Crippen molar-refractivity contribution in [2.75, 3.05) is 0 Å². The first-order chi connectivity index (χ1) is 7.14. The fourth-order valence-electron chi connectivity index (χ4n) is 1.76. The quantitative estimate of drug-likeness (QED) is 0.807. The molecule has 0 heterocycles. The molecule has 0 radical (unpaired) electrons. The SMILES string of the molecule is CC(C)(O)c1ccccc1C(O)C(C)(C)C. The standard InChI is InChI=1S/C14H22O2/c1-13(2,3)12(15)10-8-6-7-9-11(10)14(4,5)16/h6-9,12,15-16H,1-5H3. The molecule has 2 nitrogen and oxygen atoms in total. The smallest absolute Gasteiger partial charge is 0.0844 e. The van der Waals surface area contributed by atoms with E-state index < -0.39 is 11.7 Å². The molecule has 0 bridgehead atoms.